The molecule has 0 spiro atoms. The van der Waals surface area contributed by atoms with Crippen LogP contribution in [0.15, 0.2) is 36.5 Å². The lowest BCUT2D eigenvalue weighted by Gasteiger charge is -2.28. The Labute approximate surface area is 137 Å². The molecule has 4 heteroatoms. The highest BCUT2D eigenvalue weighted by Gasteiger charge is 2.21. The van der Waals surface area contributed by atoms with Crippen LogP contribution in [0.25, 0.3) is 10.9 Å². The molecular formula is C19H24N2O2. The van der Waals surface area contributed by atoms with Crippen molar-refractivity contribution in [2.24, 2.45) is 5.92 Å². The summed E-state index contributed by atoms with van der Waals surface area (Å²) in [6, 6.07) is 9.40. The van der Waals surface area contributed by atoms with E-state index < -0.39 is 0 Å². The molecule has 23 heavy (non-hydrogen) atoms. The van der Waals surface area contributed by atoms with Gasteiger partial charge >= 0.3 is 0 Å². The Bertz CT molecular complexity index is 666. The first-order valence-corrected chi connectivity index (χ1v) is 8.49. The first-order chi connectivity index (χ1) is 11.3. The summed E-state index contributed by atoms with van der Waals surface area (Å²) in [6.07, 6.45) is 7.05. The van der Waals surface area contributed by atoms with Gasteiger partial charge in [-0.05, 0) is 37.0 Å². The molecule has 0 radical (unpaired) electrons. The number of nitrogens with one attached hydrogen (secondary N) is 1. The molecule has 1 fully saturated rings. The predicted molar refractivity (Wildman–Crippen MR) is 91.4 cm³/mol. The van der Waals surface area contributed by atoms with E-state index in [2.05, 4.69) is 17.2 Å². The minimum atomic E-state index is -0.0658. The van der Waals surface area contributed by atoms with Crippen molar-refractivity contribution >= 4 is 16.8 Å². The van der Waals surface area contributed by atoms with Crippen molar-refractivity contribution < 1.29 is 9.53 Å². The normalized spacial score (nSPS) is 21.3. The molecule has 1 aliphatic rings. The molecule has 1 aromatic heterocycles. The average Bonchev–Trinajstić information content (AvgIpc) is 2.59. The second-order valence-electron chi connectivity index (χ2n) is 6.30. The molecule has 3 rings (SSSR count). The van der Waals surface area contributed by atoms with Gasteiger partial charge in [-0.1, -0.05) is 31.9 Å². The van der Waals surface area contributed by atoms with Crippen LogP contribution in [0.4, 0.5) is 0 Å². The highest BCUT2D eigenvalue weighted by Crippen LogP contribution is 2.26. The fourth-order valence-electron chi connectivity index (χ4n) is 3.30. The van der Waals surface area contributed by atoms with E-state index in [9.17, 15) is 4.79 Å². The van der Waals surface area contributed by atoms with Crippen LogP contribution >= 0.6 is 0 Å². The standard InChI is InChI=1S/C19H24N2O2/c1-14-6-2-3-10-18(14)23-13-12-21-19(22)16-7-4-9-17-15(16)8-5-11-20-17/h4-5,7-9,11,14,18H,2-3,6,10,12-13H2,1H3,(H,21,22). The molecule has 122 valence electrons. The highest BCUT2D eigenvalue weighted by molar-refractivity contribution is 6.06. The topological polar surface area (TPSA) is 51.2 Å². The number of amides is 1. The summed E-state index contributed by atoms with van der Waals surface area (Å²) in [5, 5.41) is 3.84. The molecule has 0 aliphatic heterocycles. The van der Waals surface area contributed by atoms with Crippen LogP contribution in [0, 0.1) is 5.92 Å². The Hall–Kier alpha value is -1.94. The van der Waals surface area contributed by atoms with Crippen LogP contribution in [-0.2, 0) is 4.74 Å². The van der Waals surface area contributed by atoms with Gasteiger partial charge in [0.15, 0.2) is 0 Å². The van der Waals surface area contributed by atoms with Gasteiger partial charge < -0.3 is 10.1 Å². The van der Waals surface area contributed by atoms with Gasteiger partial charge in [-0.15, -0.1) is 0 Å². The lowest BCUT2D eigenvalue weighted by Crippen LogP contribution is -2.31. The summed E-state index contributed by atoms with van der Waals surface area (Å²) in [7, 11) is 0. The minimum Gasteiger partial charge on any atom is -0.376 e. The molecule has 2 atom stereocenters. The number of carbonyl (C=O) groups is 1. The Kier molecular flexibility index (Phi) is 5.23. The molecule has 0 bridgehead atoms. The first-order valence-electron chi connectivity index (χ1n) is 8.49. The van der Waals surface area contributed by atoms with Crippen LogP contribution in [0.5, 0.6) is 0 Å². The van der Waals surface area contributed by atoms with Gasteiger partial charge in [-0.2, -0.15) is 0 Å². The number of ether oxygens (including phenoxy) is 1. The fraction of sp³-hybridized carbons (Fsp3) is 0.474. The summed E-state index contributed by atoms with van der Waals surface area (Å²) in [5.74, 6) is 0.562. The summed E-state index contributed by atoms with van der Waals surface area (Å²) in [5.41, 5.74) is 1.51. The summed E-state index contributed by atoms with van der Waals surface area (Å²) in [6.45, 7) is 3.37. The van der Waals surface area contributed by atoms with Crippen LogP contribution in [-0.4, -0.2) is 30.1 Å². The van der Waals surface area contributed by atoms with Gasteiger partial charge in [0, 0.05) is 23.7 Å². The van der Waals surface area contributed by atoms with E-state index in [-0.39, 0.29) is 5.91 Å². The SMILES string of the molecule is CC1CCCCC1OCCNC(=O)c1cccc2ncccc12. The molecule has 1 saturated carbocycles. The van der Waals surface area contributed by atoms with Gasteiger partial charge in [-0.3, -0.25) is 9.78 Å². The van der Waals surface area contributed by atoms with E-state index in [1.54, 1.807) is 6.20 Å². The zero-order valence-electron chi connectivity index (χ0n) is 13.6. The van der Waals surface area contributed by atoms with E-state index in [1.165, 1.54) is 19.3 Å². The third-order valence-electron chi connectivity index (χ3n) is 4.64. The lowest BCUT2D eigenvalue weighted by atomic mass is 9.88. The van der Waals surface area contributed by atoms with Gasteiger partial charge in [0.05, 0.1) is 18.2 Å². The number of hydrogen-bond acceptors (Lipinski definition) is 3. The second kappa shape index (κ2) is 7.55. The van der Waals surface area contributed by atoms with Crippen molar-refractivity contribution in [1.82, 2.24) is 10.3 Å². The van der Waals surface area contributed by atoms with Gasteiger partial charge in [0.25, 0.3) is 5.91 Å². The largest absolute Gasteiger partial charge is 0.376 e. The molecule has 2 aromatic rings. The first kappa shape index (κ1) is 15.9. The van der Waals surface area contributed by atoms with Crippen LogP contribution in [0.2, 0.25) is 0 Å². The van der Waals surface area contributed by atoms with Crippen molar-refractivity contribution in [3.05, 3.63) is 42.1 Å². The van der Waals surface area contributed by atoms with E-state index in [1.807, 2.05) is 30.3 Å². The smallest absolute Gasteiger partial charge is 0.252 e. The van der Waals surface area contributed by atoms with Crippen LogP contribution in [0.1, 0.15) is 43.0 Å². The number of rotatable bonds is 5. The molecule has 1 N–H and O–H groups in total. The number of carbonyl (C=O) groups excluding carboxylic acids is 1. The van der Waals surface area contributed by atoms with E-state index in [0.717, 1.165) is 17.3 Å². The monoisotopic (exact) mass is 312 g/mol. The summed E-state index contributed by atoms with van der Waals surface area (Å²) in [4.78, 5) is 16.7. The summed E-state index contributed by atoms with van der Waals surface area (Å²) < 4.78 is 5.94. The average molecular weight is 312 g/mol. The Morgan fingerprint density at radius 2 is 2.13 bits per heavy atom. The predicted octanol–water partition coefficient (Wildman–Crippen LogP) is 3.56. The van der Waals surface area contributed by atoms with Crippen molar-refractivity contribution in [3.63, 3.8) is 0 Å². The molecular weight excluding hydrogens is 288 g/mol. The fourth-order valence-corrected chi connectivity index (χ4v) is 3.30. The summed E-state index contributed by atoms with van der Waals surface area (Å²) >= 11 is 0. The van der Waals surface area contributed by atoms with Gasteiger partial charge in [-0.25, -0.2) is 0 Å². The maximum absolute atomic E-state index is 12.4. The second-order valence-corrected chi connectivity index (χ2v) is 6.30. The third-order valence-corrected chi connectivity index (χ3v) is 4.64. The highest BCUT2D eigenvalue weighted by atomic mass is 16.5. The number of benzene rings is 1. The quantitative estimate of drug-likeness (QED) is 0.859. The lowest BCUT2D eigenvalue weighted by molar-refractivity contribution is -0.00293. The van der Waals surface area contributed by atoms with Gasteiger partial charge in [0.2, 0.25) is 0 Å². The van der Waals surface area contributed by atoms with E-state index in [0.29, 0.717) is 30.7 Å². The molecule has 2 unspecified atom stereocenters. The molecule has 1 aliphatic carbocycles. The Morgan fingerprint density at radius 1 is 1.26 bits per heavy atom. The maximum atomic E-state index is 12.4. The third kappa shape index (κ3) is 3.88. The minimum absolute atomic E-state index is 0.0658. The molecule has 4 nitrogen and oxygen atoms in total. The Morgan fingerprint density at radius 3 is 3.00 bits per heavy atom. The van der Waals surface area contributed by atoms with Crippen molar-refractivity contribution in [2.45, 2.75) is 38.7 Å². The van der Waals surface area contributed by atoms with Crippen LogP contribution < -0.4 is 5.32 Å². The van der Waals surface area contributed by atoms with Gasteiger partial charge in [0.1, 0.15) is 0 Å². The maximum Gasteiger partial charge on any atom is 0.252 e. The number of nitrogens with zero attached hydrogens (tertiary/aromatic N) is 1. The van der Waals surface area contributed by atoms with Crippen molar-refractivity contribution in [3.8, 4) is 0 Å². The van der Waals surface area contributed by atoms with Crippen molar-refractivity contribution in [1.29, 1.82) is 0 Å². The zero-order valence-corrected chi connectivity index (χ0v) is 13.6. The zero-order chi connectivity index (χ0) is 16.1. The number of hydrogen-bond donors (Lipinski definition) is 1. The molecule has 1 heterocycles. The Balaban J connectivity index is 1.53. The van der Waals surface area contributed by atoms with Crippen molar-refractivity contribution in [2.75, 3.05) is 13.2 Å². The number of pyridine rings is 1. The number of fused-ring (bicyclic) bond motifs is 1. The molecule has 0 saturated heterocycles. The number of aromatic nitrogens is 1. The van der Waals surface area contributed by atoms with Crippen LogP contribution in [0.3, 0.4) is 0 Å². The molecule has 1 amide bonds. The molecule has 1 aromatic carbocycles. The van der Waals surface area contributed by atoms with E-state index in [4.69, 9.17) is 4.74 Å². The van der Waals surface area contributed by atoms with E-state index >= 15 is 0 Å².